The number of nitrogens with zero attached hydrogens (tertiary/aromatic N) is 3. The SMILES string of the molecule is O=C(O)c1nc(Cn2ncc(=O)c3ccccc32)cs1. The van der Waals surface area contributed by atoms with E-state index < -0.39 is 5.97 Å². The number of carbonyl (C=O) groups is 1. The average molecular weight is 287 g/mol. The largest absolute Gasteiger partial charge is 0.476 e. The molecule has 0 unspecified atom stereocenters. The second-order valence-corrected chi connectivity index (χ2v) is 4.99. The lowest BCUT2D eigenvalue weighted by Crippen LogP contribution is -2.13. The van der Waals surface area contributed by atoms with Gasteiger partial charge in [0.25, 0.3) is 0 Å². The van der Waals surface area contributed by atoms with Crippen LogP contribution in [0.4, 0.5) is 0 Å². The molecule has 0 saturated heterocycles. The molecule has 0 spiro atoms. The number of para-hydroxylation sites is 1. The number of carboxylic acid groups (broad SMARTS) is 1. The Morgan fingerprint density at radius 3 is 2.90 bits per heavy atom. The summed E-state index contributed by atoms with van der Waals surface area (Å²) in [6.07, 6.45) is 1.26. The first kappa shape index (κ1) is 12.5. The molecule has 0 aliphatic rings. The van der Waals surface area contributed by atoms with E-state index in [1.54, 1.807) is 28.3 Å². The quantitative estimate of drug-likeness (QED) is 0.791. The highest BCUT2D eigenvalue weighted by Crippen LogP contribution is 2.13. The Morgan fingerprint density at radius 1 is 1.35 bits per heavy atom. The Kier molecular flexibility index (Phi) is 3.03. The minimum atomic E-state index is -1.04. The van der Waals surface area contributed by atoms with E-state index in [1.165, 1.54) is 6.20 Å². The number of hydrogen-bond donors (Lipinski definition) is 1. The molecular formula is C13H9N3O3S. The molecule has 2 aromatic heterocycles. The van der Waals surface area contributed by atoms with E-state index in [2.05, 4.69) is 10.1 Å². The van der Waals surface area contributed by atoms with Crippen LogP contribution in [-0.4, -0.2) is 25.8 Å². The van der Waals surface area contributed by atoms with Crippen molar-refractivity contribution in [2.24, 2.45) is 0 Å². The predicted molar refractivity (Wildman–Crippen MR) is 74.2 cm³/mol. The molecule has 2 heterocycles. The normalized spacial score (nSPS) is 10.8. The molecule has 1 aromatic carbocycles. The summed E-state index contributed by atoms with van der Waals surface area (Å²) >= 11 is 1.07. The summed E-state index contributed by atoms with van der Waals surface area (Å²) < 4.78 is 1.64. The number of carboxylic acids is 1. The summed E-state index contributed by atoms with van der Waals surface area (Å²) in [7, 11) is 0. The molecule has 0 atom stereocenters. The maximum atomic E-state index is 11.7. The zero-order valence-electron chi connectivity index (χ0n) is 10.2. The predicted octanol–water partition coefficient (Wildman–Crippen LogP) is 1.60. The molecule has 0 aliphatic heterocycles. The van der Waals surface area contributed by atoms with Crippen LogP contribution in [0.2, 0.25) is 0 Å². The van der Waals surface area contributed by atoms with Gasteiger partial charge < -0.3 is 5.11 Å². The van der Waals surface area contributed by atoms with Gasteiger partial charge in [0.1, 0.15) is 0 Å². The number of benzene rings is 1. The number of thiazole rings is 1. The molecule has 0 amide bonds. The summed E-state index contributed by atoms with van der Waals surface area (Å²) in [5.41, 5.74) is 1.17. The van der Waals surface area contributed by atoms with Gasteiger partial charge in [-0.2, -0.15) is 5.10 Å². The van der Waals surface area contributed by atoms with Crippen LogP contribution >= 0.6 is 11.3 Å². The van der Waals surface area contributed by atoms with Crippen molar-refractivity contribution in [2.45, 2.75) is 6.54 Å². The van der Waals surface area contributed by atoms with Crippen LogP contribution < -0.4 is 5.43 Å². The average Bonchev–Trinajstić information content (AvgIpc) is 2.91. The van der Waals surface area contributed by atoms with Gasteiger partial charge in [-0.05, 0) is 12.1 Å². The molecule has 0 saturated carbocycles. The number of aromatic nitrogens is 3. The number of hydrogen-bond acceptors (Lipinski definition) is 5. The molecule has 0 aliphatic carbocycles. The van der Waals surface area contributed by atoms with E-state index in [4.69, 9.17) is 5.11 Å². The van der Waals surface area contributed by atoms with Crippen molar-refractivity contribution >= 4 is 28.2 Å². The summed E-state index contributed by atoms with van der Waals surface area (Å²) in [6.45, 7) is 0.324. The highest BCUT2D eigenvalue weighted by Gasteiger charge is 2.10. The summed E-state index contributed by atoms with van der Waals surface area (Å²) in [6, 6.07) is 7.15. The van der Waals surface area contributed by atoms with E-state index in [0.717, 1.165) is 11.3 Å². The fourth-order valence-electron chi connectivity index (χ4n) is 1.92. The Morgan fingerprint density at radius 2 is 2.15 bits per heavy atom. The van der Waals surface area contributed by atoms with Crippen molar-refractivity contribution in [3.63, 3.8) is 0 Å². The Labute approximate surface area is 116 Å². The summed E-state index contributed by atoms with van der Waals surface area (Å²) in [5, 5.41) is 15.2. The smallest absolute Gasteiger partial charge is 0.365 e. The highest BCUT2D eigenvalue weighted by molar-refractivity contribution is 7.11. The van der Waals surface area contributed by atoms with Crippen molar-refractivity contribution in [1.29, 1.82) is 0 Å². The van der Waals surface area contributed by atoms with Gasteiger partial charge in [0.15, 0.2) is 0 Å². The Balaban J connectivity index is 2.04. The molecule has 0 radical (unpaired) electrons. The molecule has 3 aromatic rings. The zero-order valence-corrected chi connectivity index (χ0v) is 11.0. The lowest BCUT2D eigenvalue weighted by molar-refractivity contribution is 0.0696. The fourth-order valence-corrected chi connectivity index (χ4v) is 2.56. The number of fused-ring (bicyclic) bond motifs is 1. The monoisotopic (exact) mass is 287 g/mol. The maximum Gasteiger partial charge on any atom is 0.365 e. The van der Waals surface area contributed by atoms with E-state index >= 15 is 0 Å². The van der Waals surface area contributed by atoms with Crippen LogP contribution in [0, 0.1) is 0 Å². The van der Waals surface area contributed by atoms with Crippen LogP contribution in [0.15, 0.2) is 40.6 Å². The lowest BCUT2D eigenvalue weighted by Gasteiger charge is -2.07. The van der Waals surface area contributed by atoms with Crippen LogP contribution in [0.1, 0.15) is 15.5 Å². The van der Waals surface area contributed by atoms with Crippen molar-refractivity contribution in [3.8, 4) is 0 Å². The highest BCUT2D eigenvalue weighted by atomic mass is 32.1. The summed E-state index contributed by atoms with van der Waals surface area (Å²) in [4.78, 5) is 26.5. The Hall–Kier alpha value is -2.54. The second kappa shape index (κ2) is 4.86. The van der Waals surface area contributed by atoms with Gasteiger partial charge in [0.2, 0.25) is 10.4 Å². The third-order valence-electron chi connectivity index (χ3n) is 2.81. The van der Waals surface area contributed by atoms with Crippen LogP contribution in [-0.2, 0) is 6.54 Å². The van der Waals surface area contributed by atoms with Gasteiger partial charge in [-0.25, -0.2) is 9.78 Å². The maximum absolute atomic E-state index is 11.7. The van der Waals surface area contributed by atoms with Crippen molar-refractivity contribution < 1.29 is 9.90 Å². The molecule has 100 valence electrons. The van der Waals surface area contributed by atoms with E-state index in [-0.39, 0.29) is 10.4 Å². The molecule has 20 heavy (non-hydrogen) atoms. The first-order chi connectivity index (χ1) is 9.65. The minimum Gasteiger partial charge on any atom is -0.476 e. The van der Waals surface area contributed by atoms with E-state index in [0.29, 0.717) is 23.1 Å². The number of aromatic carboxylic acids is 1. The van der Waals surface area contributed by atoms with E-state index in [9.17, 15) is 9.59 Å². The molecule has 0 bridgehead atoms. The second-order valence-electron chi connectivity index (χ2n) is 4.13. The lowest BCUT2D eigenvalue weighted by atomic mass is 10.2. The van der Waals surface area contributed by atoms with Gasteiger partial charge in [0.05, 0.1) is 24.0 Å². The number of rotatable bonds is 3. The molecule has 1 N–H and O–H groups in total. The van der Waals surface area contributed by atoms with Crippen molar-refractivity contribution in [3.05, 3.63) is 56.8 Å². The molecule has 3 rings (SSSR count). The standard InChI is InChI=1S/C13H9N3O3S/c17-11-5-14-16(10-4-2-1-3-9(10)11)6-8-7-20-12(15-8)13(18)19/h1-5,7H,6H2,(H,18,19). The Bertz CT molecular complexity index is 853. The van der Waals surface area contributed by atoms with Gasteiger partial charge >= 0.3 is 5.97 Å². The molecule has 0 fully saturated rings. The first-order valence-corrected chi connectivity index (χ1v) is 6.65. The third kappa shape index (κ3) is 2.19. The van der Waals surface area contributed by atoms with Crippen molar-refractivity contribution in [1.82, 2.24) is 14.8 Å². The van der Waals surface area contributed by atoms with Crippen LogP contribution in [0.3, 0.4) is 0 Å². The van der Waals surface area contributed by atoms with Crippen LogP contribution in [0.25, 0.3) is 10.9 Å². The zero-order chi connectivity index (χ0) is 14.1. The van der Waals surface area contributed by atoms with Gasteiger partial charge in [-0.15, -0.1) is 11.3 Å². The summed E-state index contributed by atoms with van der Waals surface area (Å²) in [5.74, 6) is -1.04. The van der Waals surface area contributed by atoms with Gasteiger partial charge in [-0.1, -0.05) is 12.1 Å². The third-order valence-corrected chi connectivity index (χ3v) is 3.69. The van der Waals surface area contributed by atoms with Gasteiger partial charge in [0, 0.05) is 10.8 Å². The first-order valence-electron chi connectivity index (χ1n) is 5.78. The molecule has 6 nitrogen and oxygen atoms in total. The van der Waals surface area contributed by atoms with Gasteiger partial charge in [-0.3, -0.25) is 9.48 Å². The molecular weight excluding hydrogens is 278 g/mol. The molecule has 7 heteroatoms. The topological polar surface area (TPSA) is 85.1 Å². The van der Waals surface area contributed by atoms with E-state index in [1.807, 2.05) is 6.07 Å². The fraction of sp³-hybridized carbons (Fsp3) is 0.0769. The minimum absolute atomic E-state index is 0.0466. The van der Waals surface area contributed by atoms with Crippen molar-refractivity contribution in [2.75, 3.05) is 0 Å². The van der Waals surface area contributed by atoms with Crippen LogP contribution in [0.5, 0.6) is 0 Å².